The molecule has 88 valence electrons. The number of aliphatic imine (C=N–C) groups is 1. The quantitative estimate of drug-likeness (QED) is 0.625. The van der Waals surface area contributed by atoms with E-state index in [1.165, 1.54) is 6.07 Å². The lowest BCUT2D eigenvalue weighted by molar-refractivity contribution is -0.137. The molecule has 0 aromatic heterocycles. The molecule has 0 amide bonds. The van der Waals surface area contributed by atoms with Crippen LogP contribution in [0.25, 0.3) is 0 Å². The molecular weight excluding hydrogens is 243 g/mol. The molecule has 0 unspecified atom stereocenters. The van der Waals surface area contributed by atoms with Crippen molar-refractivity contribution in [1.29, 1.82) is 0 Å². The molecule has 0 aliphatic heterocycles. The lowest BCUT2D eigenvalue weighted by atomic mass is 10.1. The minimum absolute atomic E-state index is 0.0141. The summed E-state index contributed by atoms with van der Waals surface area (Å²) in [6.07, 6.45) is -4.40. The van der Waals surface area contributed by atoms with Crippen LogP contribution in [0.3, 0.4) is 0 Å². The number of hydrogen-bond acceptors (Lipinski definition) is 1. The fourth-order valence-electron chi connectivity index (χ4n) is 1.03. The molecule has 0 saturated carbocycles. The van der Waals surface area contributed by atoms with Crippen LogP contribution in [0.15, 0.2) is 23.2 Å². The van der Waals surface area contributed by atoms with E-state index in [9.17, 15) is 13.2 Å². The Morgan fingerprint density at radius 3 is 2.38 bits per heavy atom. The van der Waals surface area contributed by atoms with Crippen LogP contribution in [-0.2, 0) is 12.7 Å². The van der Waals surface area contributed by atoms with Crippen molar-refractivity contribution >= 4 is 17.6 Å². The van der Waals surface area contributed by atoms with Gasteiger partial charge in [0.15, 0.2) is 5.96 Å². The zero-order valence-corrected chi connectivity index (χ0v) is 8.81. The standard InChI is InChI=1S/C9H9ClF3N3/c10-7-3-6(9(11,12)13)2-1-5(7)4-16-8(14)15/h1-3H,4H2,(H4,14,15,16). The van der Waals surface area contributed by atoms with Crippen LogP contribution in [0.5, 0.6) is 0 Å². The third-order valence-corrected chi connectivity index (χ3v) is 2.16. The zero-order chi connectivity index (χ0) is 12.3. The van der Waals surface area contributed by atoms with E-state index in [2.05, 4.69) is 4.99 Å². The highest BCUT2D eigenvalue weighted by molar-refractivity contribution is 6.31. The lowest BCUT2D eigenvalue weighted by Crippen LogP contribution is -2.22. The van der Waals surface area contributed by atoms with Gasteiger partial charge in [-0.3, -0.25) is 0 Å². The highest BCUT2D eigenvalue weighted by atomic mass is 35.5. The van der Waals surface area contributed by atoms with Crippen LogP contribution in [0.1, 0.15) is 11.1 Å². The molecule has 7 heteroatoms. The second-order valence-electron chi connectivity index (χ2n) is 3.05. The number of halogens is 4. The van der Waals surface area contributed by atoms with Crippen LogP contribution in [0.2, 0.25) is 5.02 Å². The molecule has 1 aromatic rings. The summed E-state index contributed by atoms with van der Waals surface area (Å²) in [4.78, 5) is 3.65. The third kappa shape index (κ3) is 3.30. The first-order valence-electron chi connectivity index (χ1n) is 4.21. The maximum absolute atomic E-state index is 12.3. The first kappa shape index (κ1) is 12.6. The van der Waals surface area contributed by atoms with Crippen molar-refractivity contribution in [2.24, 2.45) is 16.5 Å². The van der Waals surface area contributed by atoms with Gasteiger partial charge in [0.25, 0.3) is 0 Å². The Labute approximate surface area is 94.9 Å². The number of rotatable bonds is 2. The van der Waals surface area contributed by atoms with Gasteiger partial charge in [-0.05, 0) is 17.7 Å². The van der Waals surface area contributed by atoms with Gasteiger partial charge >= 0.3 is 6.18 Å². The molecule has 1 rings (SSSR count). The van der Waals surface area contributed by atoms with E-state index in [0.29, 0.717) is 5.56 Å². The number of alkyl halides is 3. The van der Waals surface area contributed by atoms with E-state index >= 15 is 0 Å². The van der Waals surface area contributed by atoms with Crippen LogP contribution in [0, 0.1) is 0 Å². The summed E-state index contributed by atoms with van der Waals surface area (Å²) in [5.41, 5.74) is 9.82. The molecule has 1 aromatic carbocycles. The molecule has 0 fully saturated rings. The first-order chi connectivity index (χ1) is 7.30. The monoisotopic (exact) mass is 251 g/mol. The smallest absolute Gasteiger partial charge is 0.370 e. The molecule has 3 nitrogen and oxygen atoms in total. The molecule has 4 N–H and O–H groups in total. The number of hydrogen-bond donors (Lipinski definition) is 2. The molecule has 0 bridgehead atoms. The van der Waals surface area contributed by atoms with E-state index in [1.807, 2.05) is 0 Å². The highest BCUT2D eigenvalue weighted by Gasteiger charge is 2.30. The SMILES string of the molecule is NC(N)=NCc1ccc(C(F)(F)F)cc1Cl. The molecule has 0 spiro atoms. The van der Waals surface area contributed by atoms with Crippen molar-refractivity contribution < 1.29 is 13.2 Å². The second-order valence-corrected chi connectivity index (χ2v) is 3.45. The van der Waals surface area contributed by atoms with E-state index < -0.39 is 11.7 Å². The van der Waals surface area contributed by atoms with Crippen molar-refractivity contribution in [2.75, 3.05) is 0 Å². The van der Waals surface area contributed by atoms with Crippen LogP contribution < -0.4 is 11.5 Å². The molecule has 0 radical (unpaired) electrons. The summed E-state index contributed by atoms with van der Waals surface area (Å²) in [5, 5.41) is -0.0141. The number of nitrogens with two attached hydrogens (primary N) is 2. The topological polar surface area (TPSA) is 64.4 Å². The maximum atomic E-state index is 12.3. The molecule has 0 aliphatic carbocycles. The van der Waals surface area contributed by atoms with Gasteiger partial charge in [0.05, 0.1) is 12.1 Å². The Kier molecular flexibility index (Phi) is 3.64. The summed E-state index contributed by atoms with van der Waals surface area (Å²) in [5.74, 6) is -0.143. The van der Waals surface area contributed by atoms with Crippen molar-refractivity contribution in [2.45, 2.75) is 12.7 Å². The van der Waals surface area contributed by atoms with Gasteiger partial charge < -0.3 is 11.5 Å². The van der Waals surface area contributed by atoms with Gasteiger partial charge in [0, 0.05) is 5.02 Å². The molecule has 16 heavy (non-hydrogen) atoms. The Hall–Kier alpha value is -1.43. The van der Waals surface area contributed by atoms with Gasteiger partial charge in [0.1, 0.15) is 0 Å². The minimum atomic E-state index is -4.40. The van der Waals surface area contributed by atoms with Gasteiger partial charge in [0.2, 0.25) is 0 Å². The summed E-state index contributed by atoms with van der Waals surface area (Å²) in [6.45, 7) is 0.0549. The van der Waals surface area contributed by atoms with Crippen molar-refractivity contribution in [1.82, 2.24) is 0 Å². The van der Waals surface area contributed by atoms with E-state index in [4.69, 9.17) is 23.1 Å². The highest BCUT2D eigenvalue weighted by Crippen LogP contribution is 2.32. The van der Waals surface area contributed by atoms with Gasteiger partial charge in [-0.15, -0.1) is 0 Å². The van der Waals surface area contributed by atoms with Gasteiger partial charge in [-0.1, -0.05) is 17.7 Å². The summed E-state index contributed by atoms with van der Waals surface area (Å²) < 4.78 is 36.9. The molecular formula is C9H9ClF3N3. The number of nitrogens with zero attached hydrogens (tertiary/aromatic N) is 1. The molecule has 0 heterocycles. The first-order valence-corrected chi connectivity index (χ1v) is 4.59. The molecule has 0 saturated heterocycles. The third-order valence-electron chi connectivity index (χ3n) is 1.81. The summed E-state index contributed by atoms with van der Waals surface area (Å²) in [7, 11) is 0. The van der Waals surface area contributed by atoms with Gasteiger partial charge in [-0.25, -0.2) is 4.99 Å². The Bertz CT molecular complexity index is 411. The van der Waals surface area contributed by atoms with Gasteiger partial charge in [-0.2, -0.15) is 13.2 Å². The zero-order valence-electron chi connectivity index (χ0n) is 8.05. The number of benzene rings is 1. The summed E-state index contributed by atoms with van der Waals surface area (Å²) in [6, 6.07) is 3.03. The number of guanidine groups is 1. The molecule has 0 aliphatic rings. The molecule has 0 atom stereocenters. The largest absolute Gasteiger partial charge is 0.416 e. The van der Waals surface area contributed by atoms with Crippen molar-refractivity contribution in [3.05, 3.63) is 34.3 Å². The van der Waals surface area contributed by atoms with Crippen molar-refractivity contribution in [3.63, 3.8) is 0 Å². The van der Waals surface area contributed by atoms with Crippen LogP contribution in [0.4, 0.5) is 13.2 Å². The van der Waals surface area contributed by atoms with Crippen LogP contribution >= 0.6 is 11.6 Å². The average molecular weight is 252 g/mol. The second kappa shape index (κ2) is 4.61. The predicted molar refractivity (Wildman–Crippen MR) is 56.0 cm³/mol. The normalized spacial score (nSPS) is 11.2. The van der Waals surface area contributed by atoms with Crippen LogP contribution in [-0.4, -0.2) is 5.96 Å². The fourth-order valence-corrected chi connectivity index (χ4v) is 1.27. The van der Waals surface area contributed by atoms with E-state index in [1.54, 1.807) is 0 Å². The Balaban J connectivity index is 2.97. The van der Waals surface area contributed by atoms with E-state index in [0.717, 1.165) is 12.1 Å². The lowest BCUT2D eigenvalue weighted by Gasteiger charge is -2.08. The minimum Gasteiger partial charge on any atom is -0.370 e. The Morgan fingerprint density at radius 1 is 1.31 bits per heavy atom. The summed E-state index contributed by atoms with van der Waals surface area (Å²) >= 11 is 5.67. The maximum Gasteiger partial charge on any atom is 0.416 e. The van der Waals surface area contributed by atoms with Crippen molar-refractivity contribution in [3.8, 4) is 0 Å². The average Bonchev–Trinajstić information content (AvgIpc) is 2.14. The Morgan fingerprint density at radius 2 is 1.94 bits per heavy atom. The fraction of sp³-hybridized carbons (Fsp3) is 0.222. The van der Waals surface area contributed by atoms with E-state index in [-0.39, 0.29) is 17.5 Å². The predicted octanol–water partition coefficient (Wildman–Crippen LogP) is 2.13.